The summed E-state index contributed by atoms with van der Waals surface area (Å²) in [5.41, 5.74) is 3.11. The Labute approximate surface area is 117 Å². The molecule has 0 aliphatic rings. The molecule has 2 aromatic rings. The Bertz CT molecular complexity index is 566. The molecule has 0 aliphatic heterocycles. The molecule has 3 heteroatoms. The van der Waals surface area contributed by atoms with Gasteiger partial charge in [0, 0.05) is 10.6 Å². The Hall–Kier alpha value is -1.32. The molecular formula is C16H17FOS. The summed E-state index contributed by atoms with van der Waals surface area (Å²) in [6.07, 6.45) is -0.657. The first-order valence-corrected chi connectivity index (χ1v) is 7.20. The van der Waals surface area contributed by atoms with Crippen molar-refractivity contribution in [3.05, 3.63) is 65.0 Å². The Morgan fingerprint density at radius 2 is 2.00 bits per heavy atom. The molecule has 0 aromatic heterocycles. The summed E-state index contributed by atoms with van der Waals surface area (Å²) < 4.78 is 13.2. The largest absolute Gasteiger partial charge is 0.389 e. The highest BCUT2D eigenvalue weighted by Gasteiger charge is 2.10. The Morgan fingerprint density at radius 3 is 2.68 bits per heavy atom. The Morgan fingerprint density at radius 1 is 1.21 bits per heavy atom. The van der Waals surface area contributed by atoms with Crippen LogP contribution >= 0.6 is 11.8 Å². The second-order valence-corrected chi connectivity index (χ2v) is 5.65. The minimum atomic E-state index is -0.657. The molecule has 1 atom stereocenters. The number of rotatable bonds is 4. The zero-order chi connectivity index (χ0) is 13.8. The van der Waals surface area contributed by atoms with Crippen LogP contribution in [-0.2, 0) is 5.75 Å². The summed E-state index contributed by atoms with van der Waals surface area (Å²) in [5, 5.41) is 9.69. The van der Waals surface area contributed by atoms with Gasteiger partial charge < -0.3 is 5.11 Å². The highest BCUT2D eigenvalue weighted by Crippen LogP contribution is 2.30. The molecule has 0 heterocycles. The van der Waals surface area contributed by atoms with Crippen LogP contribution in [0.15, 0.2) is 47.4 Å². The van der Waals surface area contributed by atoms with Gasteiger partial charge in [0.25, 0.3) is 0 Å². The van der Waals surface area contributed by atoms with Crippen molar-refractivity contribution in [3.63, 3.8) is 0 Å². The van der Waals surface area contributed by atoms with Crippen molar-refractivity contribution < 1.29 is 9.50 Å². The lowest BCUT2D eigenvalue weighted by molar-refractivity contribution is 0.196. The van der Waals surface area contributed by atoms with E-state index in [1.54, 1.807) is 24.8 Å². The van der Waals surface area contributed by atoms with E-state index in [1.165, 1.54) is 23.3 Å². The predicted molar refractivity (Wildman–Crippen MR) is 77.8 cm³/mol. The summed E-state index contributed by atoms with van der Waals surface area (Å²) in [7, 11) is 0. The van der Waals surface area contributed by atoms with Crippen LogP contribution in [0.1, 0.15) is 29.7 Å². The average Bonchev–Trinajstić information content (AvgIpc) is 2.37. The van der Waals surface area contributed by atoms with E-state index in [9.17, 15) is 9.50 Å². The molecular weight excluding hydrogens is 259 g/mol. The molecule has 19 heavy (non-hydrogen) atoms. The van der Waals surface area contributed by atoms with Crippen molar-refractivity contribution in [1.29, 1.82) is 0 Å². The quantitative estimate of drug-likeness (QED) is 0.831. The molecule has 0 aliphatic carbocycles. The maximum atomic E-state index is 13.2. The van der Waals surface area contributed by atoms with Crippen molar-refractivity contribution in [2.75, 3.05) is 0 Å². The average molecular weight is 276 g/mol. The molecule has 0 saturated carbocycles. The SMILES string of the molecule is Cc1cccc(CSc2ccc(F)cc2[C@@H](C)O)c1. The number of thioether (sulfide) groups is 1. The normalized spacial score (nSPS) is 12.4. The number of aliphatic hydroxyl groups excluding tert-OH is 1. The van der Waals surface area contributed by atoms with Crippen LogP contribution in [0.2, 0.25) is 0 Å². The maximum absolute atomic E-state index is 13.2. The lowest BCUT2D eigenvalue weighted by Crippen LogP contribution is -1.95. The number of hydrogen-bond acceptors (Lipinski definition) is 2. The zero-order valence-electron chi connectivity index (χ0n) is 11.1. The molecule has 1 nitrogen and oxygen atoms in total. The fraction of sp³-hybridized carbons (Fsp3) is 0.250. The maximum Gasteiger partial charge on any atom is 0.123 e. The third kappa shape index (κ3) is 3.82. The number of aliphatic hydroxyl groups is 1. The van der Waals surface area contributed by atoms with Gasteiger partial charge in [-0.25, -0.2) is 4.39 Å². The molecule has 2 aromatic carbocycles. The minimum absolute atomic E-state index is 0.309. The first kappa shape index (κ1) is 14.1. The third-order valence-electron chi connectivity index (χ3n) is 2.90. The molecule has 1 N–H and O–H groups in total. The molecule has 0 saturated heterocycles. The van der Waals surface area contributed by atoms with Gasteiger partial charge in [-0.1, -0.05) is 29.8 Å². The van der Waals surface area contributed by atoms with Gasteiger partial charge in [-0.15, -0.1) is 11.8 Å². The summed E-state index contributed by atoms with van der Waals surface area (Å²) in [4.78, 5) is 0.929. The second kappa shape index (κ2) is 6.22. The van der Waals surface area contributed by atoms with E-state index in [-0.39, 0.29) is 5.82 Å². The first-order valence-electron chi connectivity index (χ1n) is 6.22. The molecule has 100 valence electrons. The number of hydrogen-bond donors (Lipinski definition) is 1. The number of benzene rings is 2. The Kier molecular flexibility index (Phi) is 4.61. The van der Waals surface area contributed by atoms with Crippen LogP contribution in [0, 0.1) is 12.7 Å². The van der Waals surface area contributed by atoms with Gasteiger partial charge in [-0.3, -0.25) is 0 Å². The van der Waals surface area contributed by atoms with E-state index in [0.717, 1.165) is 10.6 Å². The third-order valence-corrected chi connectivity index (χ3v) is 4.06. The molecule has 0 amide bonds. The second-order valence-electron chi connectivity index (χ2n) is 4.64. The Balaban J connectivity index is 2.15. The van der Waals surface area contributed by atoms with Crippen molar-refractivity contribution in [1.82, 2.24) is 0 Å². The van der Waals surface area contributed by atoms with Gasteiger partial charge in [0.05, 0.1) is 6.10 Å². The predicted octanol–water partition coefficient (Wildman–Crippen LogP) is 4.48. The highest BCUT2D eigenvalue weighted by atomic mass is 32.2. The van der Waals surface area contributed by atoms with Crippen LogP contribution in [0.5, 0.6) is 0 Å². The van der Waals surface area contributed by atoms with E-state index in [4.69, 9.17) is 0 Å². The van der Waals surface area contributed by atoms with Gasteiger partial charge in [0.2, 0.25) is 0 Å². The molecule has 2 rings (SSSR count). The lowest BCUT2D eigenvalue weighted by atomic mass is 10.1. The highest BCUT2D eigenvalue weighted by molar-refractivity contribution is 7.98. The van der Waals surface area contributed by atoms with Crippen molar-refractivity contribution in [3.8, 4) is 0 Å². The van der Waals surface area contributed by atoms with Gasteiger partial charge in [-0.05, 0) is 43.2 Å². The van der Waals surface area contributed by atoms with Gasteiger partial charge in [-0.2, -0.15) is 0 Å². The molecule has 0 spiro atoms. The van der Waals surface area contributed by atoms with Crippen molar-refractivity contribution in [2.24, 2.45) is 0 Å². The van der Waals surface area contributed by atoms with Crippen LogP contribution in [-0.4, -0.2) is 5.11 Å². The van der Waals surface area contributed by atoms with Crippen molar-refractivity contribution in [2.45, 2.75) is 30.6 Å². The smallest absolute Gasteiger partial charge is 0.123 e. The van der Waals surface area contributed by atoms with E-state index >= 15 is 0 Å². The van der Waals surface area contributed by atoms with E-state index in [2.05, 4.69) is 25.1 Å². The van der Waals surface area contributed by atoms with Gasteiger partial charge in [0.15, 0.2) is 0 Å². The van der Waals surface area contributed by atoms with Crippen LogP contribution in [0.4, 0.5) is 4.39 Å². The summed E-state index contributed by atoms with van der Waals surface area (Å²) in [6.45, 7) is 3.72. The molecule has 0 bridgehead atoms. The fourth-order valence-electron chi connectivity index (χ4n) is 1.94. The van der Waals surface area contributed by atoms with Gasteiger partial charge in [0.1, 0.15) is 5.82 Å². The van der Waals surface area contributed by atoms with Crippen molar-refractivity contribution >= 4 is 11.8 Å². The van der Waals surface area contributed by atoms with E-state index in [0.29, 0.717) is 5.56 Å². The van der Waals surface area contributed by atoms with Gasteiger partial charge >= 0.3 is 0 Å². The molecule has 0 radical (unpaired) electrons. The standard InChI is InChI=1S/C16H17FOS/c1-11-4-3-5-13(8-11)10-19-16-7-6-14(17)9-15(16)12(2)18/h3-9,12,18H,10H2,1-2H3/t12-/m1/s1. The number of aryl methyl sites for hydroxylation is 1. The lowest BCUT2D eigenvalue weighted by Gasteiger charge is -2.12. The fourth-order valence-corrected chi connectivity index (χ4v) is 3.00. The van der Waals surface area contributed by atoms with Crippen LogP contribution < -0.4 is 0 Å². The zero-order valence-corrected chi connectivity index (χ0v) is 11.9. The summed E-state index contributed by atoms with van der Waals surface area (Å²) in [5.74, 6) is 0.503. The monoisotopic (exact) mass is 276 g/mol. The topological polar surface area (TPSA) is 20.2 Å². The molecule has 0 fully saturated rings. The van der Waals surface area contributed by atoms with E-state index in [1.807, 2.05) is 6.07 Å². The number of halogens is 1. The van der Waals surface area contributed by atoms with E-state index < -0.39 is 6.10 Å². The minimum Gasteiger partial charge on any atom is -0.389 e. The summed E-state index contributed by atoms with van der Waals surface area (Å²) >= 11 is 1.62. The molecule has 0 unspecified atom stereocenters. The summed E-state index contributed by atoms with van der Waals surface area (Å²) in [6, 6.07) is 12.9. The van der Waals surface area contributed by atoms with Crippen LogP contribution in [0.25, 0.3) is 0 Å². The first-order chi connectivity index (χ1) is 9.06. The van der Waals surface area contributed by atoms with Crippen LogP contribution in [0.3, 0.4) is 0 Å².